The third kappa shape index (κ3) is 2.17. The second kappa shape index (κ2) is 5.11. The Morgan fingerprint density at radius 2 is 1.68 bits per heavy atom. The Kier molecular flexibility index (Phi) is 2.97. The number of aromatic nitrogens is 2. The highest BCUT2D eigenvalue weighted by Crippen LogP contribution is 2.27. The highest BCUT2D eigenvalue weighted by molar-refractivity contribution is 6.09. The molecule has 2 aromatic heterocycles. The molecule has 0 aliphatic heterocycles. The fraction of sp³-hybridized carbons (Fsp3) is 0. The maximum Gasteiger partial charge on any atom is 0.123 e. The maximum absolute atomic E-state index is 12.9. The van der Waals surface area contributed by atoms with Crippen LogP contribution in [0.25, 0.3) is 34.0 Å². The molecule has 3 heteroatoms. The van der Waals surface area contributed by atoms with Gasteiger partial charge >= 0.3 is 0 Å². The van der Waals surface area contributed by atoms with Crippen molar-refractivity contribution in [1.29, 1.82) is 0 Å². The lowest BCUT2D eigenvalue weighted by Crippen LogP contribution is -1.82. The zero-order valence-corrected chi connectivity index (χ0v) is 11.8. The largest absolute Gasteiger partial charge is 0.353 e. The minimum atomic E-state index is -0.229. The van der Waals surface area contributed by atoms with Crippen molar-refractivity contribution in [2.45, 2.75) is 0 Å². The molecule has 0 aliphatic carbocycles. The molecule has 0 aliphatic rings. The van der Waals surface area contributed by atoms with Crippen LogP contribution in [0.5, 0.6) is 0 Å². The van der Waals surface area contributed by atoms with E-state index < -0.39 is 0 Å². The second-order valence-corrected chi connectivity index (χ2v) is 5.17. The van der Waals surface area contributed by atoms with Crippen molar-refractivity contribution in [1.82, 2.24) is 9.97 Å². The molecule has 4 aromatic rings. The highest BCUT2D eigenvalue weighted by atomic mass is 19.1. The summed E-state index contributed by atoms with van der Waals surface area (Å²) in [5.74, 6) is -0.229. The Morgan fingerprint density at radius 3 is 2.55 bits per heavy atom. The van der Waals surface area contributed by atoms with Gasteiger partial charge in [-0.2, -0.15) is 0 Å². The Labute approximate surface area is 126 Å². The first-order valence-electron chi connectivity index (χ1n) is 7.10. The van der Waals surface area contributed by atoms with Crippen LogP contribution < -0.4 is 0 Å². The van der Waals surface area contributed by atoms with E-state index in [4.69, 9.17) is 0 Å². The van der Waals surface area contributed by atoms with Crippen molar-refractivity contribution in [3.63, 3.8) is 0 Å². The van der Waals surface area contributed by atoms with Crippen molar-refractivity contribution in [2.24, 2.45) is 0 Å². The SMILES string of the molecule is Fc1ccc(/C=C/c2nccc3c2[nH]c2ccccc23)cc1. The lowest BCUT2D eigenvalue weighted by atomic mass is 10.1. The number of nitrogens with one attached hydrogen (secondary N) is 1. The molecule has 0 saturated heterocycles. The standard InChI is InChI=1S/C19H13FN2/c20-14-8-5-13(6-9-14)7-10-18-19-16(11-12-21-18)15-3-1-2-4-17(15)22-19/h1-12,22H/b10-7+. The van der Waals surface area contributed by atoms with Gasteiger partial charge in [0.05, 0.1) is 11.2 Å². The lowest BCUT2D eigenvalue weighted by molar-refractivity contribution is 0.628. The van der Waals surface area contributed by atoms with Gasteiger partial charge in [-0.25, -0.2) is 4.39 Å². The van der Waals surface area contributed by atoms with Crippen LogP contribution in [0.1, 0.15) is 11.3 Å². The van der Waals surface area contributed by atoms with Gasteiger partial charge in [0.15, 0.2) is 0 Å². The molecule has 0 fully saturated rings. The number of H-pyrrole nitrogens is 1. The summed E-state index contributed by atoms with van der Waals surface area (Å²) in [5.41, 5.74) is 3.93. The van der Waals surface area contributed by atoms with Crippen molar-refractivity contribution < 1.29 is 4.39 Å². The van der Waals surface area contributed by atoms with Gasteiger partial charge in [-0.3, -0.25) is 4.98 Å². The van der Waals surface area contributed by atoms with Crippen LogP contribution in [-0.2, 0) is 0 Å². The van der Waals surface area contributed by atoms with E-state index in [9.17, 15) is 4.39 Å². The number of benzene rings is 2. The molecule has 0 atom stereocenters. The maximum atomic E-state index is 12.9. The molecule has 0 unspecified atom stereocenters. The van der Waals surface area contributed by atoms with E-state index in [1.807, 2.05) is 36.5 Å². The van der Waals surface area contributed by atoms with Gasteiger partial charge < -0.3 is 4.98 Å². The van der Waals surface area contributed by atoms with E-state index in [-0.39, 0.29) is 5.82 Å². The average molecular weight is 288 g/mol. The topological polar surface area (TPSA) is 28.7 Å². The zero-order valence-electron chi connectivity index (χ0n) is 11.8. The number of aromatic amines is 1. The third-order valence-corrected chi connectivity index (χ3v) is 3.76. The fourth-order valence-corrected chi connectivity index (χ4v) is 2.67. The van der Waals surface area contributed by atoms with Crippen molar-refractivity contribution >= 4 is 34.0 Å². The fourth-order valence-electron chi connectivity index (χ4n) is 2.67. The Morgan fingerprint density at radius 1 is 0.864 bits per heavy atom. The summed E-state index contributed by atoms with van der Waals surface area (Å²) < 4.78 is 12.9. The molecule has 2 heterocycles. The molecule has 0 amide bonds. The normalized spacial score (nSPS) is 11.7. The lowest BCUT2D eigenvalue weighted by Gasteiger charge is -1.97. The predicted octanol–water partition coefficient (Wildman–Crippen LogP) is 5.03. The first-order chi connectivity index (χ1) is 10.8. The minimum Gasteiger partial charge on any atom is -0.353 e. The van der Waals surface area contributed by atoms with Gasteiger partial charge in [-0.15, -0.1) is 0 Å². The summed E-state index contributed by atoms with van der Waals surface area (Å²) in [6.07, 6.45) is 5.70. The first-order valence-corrected chi connectivity index (χ1v) is 7.10. The van der Waals surface area contributed by atoms with Gasteiger partial charge in [0.25, 0.3) is 0 Å². The second-order valence-electron chi connectivity index (χ2n) is 5.17. The molecule has 1 N–H and O–H groups in total. The number of para-hydroxylation sites is 1. The Bertz CT molecular complexity index is 981. The van der Waals surface area contributed by atoms with E-state index in [2.05, 4.69) is 22.1 Å². The number of rotatable bonds is 2. The predicted molar refractivity (Wildman–Crippen MR) is 88.9 cm³/mol. The van der Waals surface area contributed by atoms with Crippen LogP contribution in [-0.4, -0.2) is 9.97 Å². The summed E-state index contributed by atoms with van der Waals surface area (Å²) in [6, 6.07) is 16.6. The van der Waals surface area contributed by atoms with Crippen LogP contribution in [0.3, 0.4) is 0 Å². The summed E-state index contributed by atoms with van der Waals surface area (Å²) in [4.78, 5) is 7.86. The van der Waals surface area contributed by atoms with Crippen LogP contribution >= 0.6 is 0 Å². The molecule has 4 rings (SSSR count). The smallest absolute Gasteiger partial charge is 0.123 e. The number of hydrogen-bond acceptors (Lipinski definition) is 1. The van der Waals surface area contributed by atoms with Crippen LogP contribution in [0, 0.1) is 5.82 Å². The zero-order chi connectivity index (χ0) is 14.9. The molecule has 0 bridgehead atoms. The van der Waals surface area contributed by atoms with E-state index in [0.717, 1.165) is 27.7 Å². The number of fused-ring (bicyclic) bond motifs is 3. The molecule has 0 saturated carbocycles. The molecule has 22 heavy (non-hydrogen) atoms. The summed E-state index contributed by atoms with van der Waals surface area (Å²) in [6.45, 7) is 0. The number of halogens is 1. The van der Waals surface area contributed by atoms with Gasteiger partial charge in [0, 0.05) is 22.5 Å². The van der Waals surface area contributed by atoms with Crippen molar-refractivity contribution in [2.75, 3.05) is 0 Å². The molecular weight excluding hydrogens is 275 g/mol. The van der Waals surface area contributed by atoms with E-state index in [0.29, 0.717) is 0 Å². The molecular formula is C19H13FN2. The molecule has 106 valence electrons. The number of nitrogens with zero attached hydrogens (tertiary/aromatic N) is 1. The molecule has 0 spiro atoms. The van der Waals surface area contributed by atoms with Gasteiger partial charge in [0.1, 0.15) is 5.82 Å². The molecule has 0 radical (unpaired) electrons. The highest BCUT2D eigenvalue weighted by Gasteiger charge is 2.06. The van der Waals surface area contributed by atoms with E-state index in [1.54, 1.807) is 12.1 Å². The van der Waals surface area contributed by atoms with Gasteiger partial charge in [-0.05, 0) is 35.9 Å². The van der Waals surface area contributed by atoms with Crippen LogP contribution in [0.15, 0.2) is 60.8 Å². The van der Waals surface area contributed by atoms with E-state index >= 15 is 0 Å². The Balaban J connectivity index is 1.83. The molecule has 2 nitrogen and oxygen atoms in total. The third-order valence-electron chi connectivity index (χ3n) is 3.76. The van der Waals surface area contributed by atoms with Crippen molar-refractivity contribution in [3.05, 3.63) is 77.9 Å². The van der Waals surface area contributed by atoms with Gasteiger partial charge in [0.2, 0.25) is 0 Å². The minimum absolute atomic E-state index is 0.229. The summed E-state index contributed by atoms with van der Waals surface area (Å²) >= 11 is 0. The average Bonchev–Trinajstić information content (AvgIpc) is 2.94. The molecule has 2 aromatic carbocycles. The number of pyridine rings is 1. The quantitative estimate of drug-likeness (QED) is 0.551. The van der Waals surface area contributed by atoms with Crippen LogP contribution in [0.2, 0.25) is 0 Å². The summed E-state index contributed by atoms with van der Waals surface area (Å²) in [5, 5.41) is 2.35. The Hall–Kier alpha value is -2.94. The monoisotopic (exact) mass is 288 g/mol. The number of hydrogen-bond donors (Lipinski definition) is 1. The van der Waals surface area contributed by atoms with E-state index in [1.165, 1.54) is 17.5 Å². The van der Waals surface area contributed by atoms with Gasteiger partial charge in [-0.1, -0.05) is 36.4 Å². The first kappa shape index (κ1) is 12.8. The van der Waals surface area contributed by atoms with Crippen LogP contribution in [0.4, 0.5) is 4.39 Å². The summed E-state index contributed by atoms with van der Waals surface area (Å²) in [7, 11) is 0. The van der Waals surface area contributed by atoms with Crippen molar-refractivity contribution in [3.8, 4) is 0 Å².